The largest absolute Gasteiger partial charge is 0.0622 e. The Hall–Kier alpha value is -2.34. The van der Waals surface area contributed by atoms with E-state index in [4.69, 9.17) is 0 Å². The molecule has 0 spiro atoms. The summed E-state index contributed by atoms with van der Waals surface area (Å²) in [5.74, 6) is 1.25. The lowest BCUT2D eigenvalue weighted by Gasteiger charge is -2.08. The Kier molecular flexibility index (Phi) is 6.81. The Bertz CT molecular complexity index is 709. The van der Waals surface area contributed by atoms with Gasteiger partial charge in [0, 0.05) is 0 Å². The number of benzene rings is 3. The van der Waals surface area contributed by atoms with E-state index in [-0.39, 0.29) is 0 Å². The number of hydrogen-bond donors (Lipinski definition) is 0. The zero-order valence-corrected chi connectivity index (χ0v) is 15.2. The van der Waals surface area contributed by atoms with Crippen molar-refractivity contribution >= 4 is 0 Å². The minimum Gasteiger partial charge on any atom is -0.0622 e. The first-order chi connectivity index (χ1) is 11.6. The molecular formula is C24H28. The summed E-state index contributed by atoms with van der Waals surface area (Å²) >= 11 is 0. The smallest absolute Gasteiger partial charge is 0.0181 e. The summed E-state index contributed by atoms with van der Waals surface area (Å²) in [6, 6.07) is 29.8. The molecule has 3 aromatic carbocycles. The van der Waals surface area contributed by atoms with Gasteiger partial charge in [0.2, 0.25) is 0 Å². The summed E-state index contributed by atoms with van der Waals surface area (Å²) in [6.07, 6.45) is 0. The molecule has 0 saturated heterocycles. The summed E-state index contributed by atoms with van der Waals surface area (Å²) in [6.45, 7) is 8.86. The molecule has 0 saturated carbocycles. The van der Waals surface area contributed by atoms with Gasteiger partial charge < -0.3 is 0 Å². The van der Waals surface area contributed by atoms with Crippen LogP contribution in [0.25, 0.3) is 11.1 Å². The topological polar surface area (TPSA) is 0 Å². The van der Waals surface area contributed by atoms with E-state index < -0.39 is 0 Å². The minimum atomic E-state index is 0.591. The van der Waals surface area contributed by atoms with Crippen molar-refractivity contribution < 1.29 is 0 Å². The highest BCUT2D eigenvalue weighted by molar-refractivity contribution is 5.64. The van der Waals surface area contributed by atoms with Crippen LogP contribution in [0.5, 0.6) is 0 Å². The van der Waals surface area contributed by atoms with Crippen LogP contribution >= 0.6 is 0 Å². The highest BCUT2D eigenvalue weighted by Crippen LogP contribution is 2.23. The summed E-state index contributed by atoms with van der Waals surface area (Å²) in [5.41, 5.74) is 5.41. The van der Waals surface area contributed by atoms with Crippen molar-refractivity contribution in [3.8, 4) is 11.1 Å². The summed E-state index contributed by atoms with van der Waals surface area (Å²) in [5, 5.41) is 0. The molecule has 0 amide bonds. The molecule has 0 fully saturated rings. The summed E-state index contributed by atoms with van der Waals surface area (Å²) in [7, 11) is 0. The molecule has 0 nitrogen and oxygen atoms in total. The van der Waals surface area contributed by atoms with Gasteiger partial charge in [-0.3, -0.25) is 0 Å². The SMILES string of the molecule is CC(C)c1cccc(-c2ccccc2)c1.CC(C)c1ccccc1. The van der Waals surface area contributed by atoms with E-state index in [2.05, 4.69) is 107 Å². The Morgan fingerprint density at radius 1 is 0.458 bits per heavy atom. The Morgan fingerprint density at radius 2 is 0.917 bits per heavy atom. The van der Waals surface area contributed by atoms with Crippen LogP contribution in [0.2, 0.25) is 0 Å². The quantitative estimate of drug-likeness (QED) is 0.476. The van der Waals surface area contributed by atoms with E-state index in [1.165, 1.54) is 22.3 Å². The van der Waals surface area contributed by atoms with E-state index in [0.717, 1.165) is 0 Å². The lowest BCUT2D eigenvalue weighted by molar-refractivity contribution is 0.867. The van der Waals surface area contributed by atoms with Crippen molar-refractivity contribution in [3.05, 3.63) is 96.1 Å². The monoisotopic (exact) mass is 316 g/mol. The molecule has 0 aliphatic carbocycles. The van der Waals surface area contributed by atoms with Gasteiger partial charge in [0.15, 0.2) is 0 Å². The molecule has 0 heterocycles. The molecule has 0 atom stereocenters. The molecule has 0 radical (unpaired) electrons. The fourth-order valence-electron chi connectivity index (χ4n) is 2.55. The lowest BCUT2D eigenvalue weighted by Crippen LogP contribution is -1.87. The second kappa shape index (κ2) is 9.08. The first-order valence-electron chi connectivity index (χ1n) is 8.78. The molecular weight excluding hydrogens is 288 g/mol. The molecule has 0 heteroatoms. The van der Waals surface area contributed by atoms with Gasteiger partial charge >= 0.3 is 0 Å². The van der Waals surface area contributed by atoms with E-state index in [0.29, 0.717) is 11.8 Å². The zero-order valence-electron chi connectivity index (χ0n) is 15.2. The third-order valence-electron chi connectivity index (χ3n) is 4.13. The average Bonchev–Trinajstić information content (AvgIpc) is 2.64. The predicted octanol–water partition coefficient (Wildman–Crippen LogP) is 7.29. The van der Waals surface area contributed by atoms with Crippen LogP contribution in [-0.2, 0) is 0 Å². The van der Waals surface area contributed by atoms with Gasteiger partial charge in [0.1, 0.15) is 0 Å². The molecule has 124 valence electrons. The van der Waals surface area contributed by atoms with Crippen LogP contribution in [0.4, 0.5) is 0 Å². The molecule has 24 heavy (non-hydrogen) atoms. The molecule has 0 bridgehead atoms. The van der Waals surface area contributed by atoms with Crippen LogP contribution in [0.1, 0.15) is 50.7 Å². The second-order valence-electron chi connectivity index (χ2n) is 6.71. The van der Waals surface area contributed by atoms with Gasteiger partial charge in [0.05, 0.1) is 0 Å². The van der Waals surface area contributed by atoms with Gasteiger partial charge in [0.25, 0.3) is 0 Å². The van der Waals surface area contributed by atoms with Crippen LogP contribution in [0, 0.1) is 0 Å². The Morgan fingerprint density at radius 3 is 1.42 bits per heavy atom. The van der Waals surface area contributed by atoms with Gasteiger partial charge in [-0.1, -0.05) is 113 Å². The standard InChI is InChI=1S/C15H16.C9H12/c1-12(2)14-9-6-10-15(11-14)13-7-4-3-5-8-13;1-8(2)9-6-4-3-5-7-9/h3-12H,1-2H3;3-8H,1-2H3. The maximum atomic E-state index is 2.28. The maximum Gasteiger partial charge on any atom is -0.0181 e. The van der Waals surface area contributed by atoms with Crippen molar-refractivity contribution in [2.45, 2.75) is 39.5 Å². The van der Waals surface area contributed by atoms with Crippen molar-refractivity contribution in [3.63, 3.8) is 0 Å². The first-order valence-corrected chi connectivity index (χ1v) is 8.78. The third-order valence-corrected chi connectivity index (χ3v) is 4.13. The Balaban J connectivity index is 0.000000198. The van der Waals surface area contributed by atoms with Crippen LogP contribution in [-0.4, -0.2) is 0 Å². The van der Waals surface area contributed by atoms with E-state index in [1.807, 2.05) is 6.07 Å². The predicted molar refractivity (Wildman–Crippen MR) is 106 cm³/mol. The molecule has 0 aliphatic heterocycles. The Labute approximate surface area is 147 Å². The second-order valence-corrected chi connectivity index (χ2v) is 6.71. The number of rotatable bonds is 3. The van der Waals surface area contributed by atoms with Crippen LogP contribution in [0.3, 0.4) is 0 Å². The minimum absolute atomic E-state index is 0.591. The van der Waals surface area contributed by atoms with E-state index in [9.17, 15) is 0 Å². The molecule has 3 aromatic rings. The van der Waals surface area contributed by atoms with Crippen LogP contribution in [0.15, 0.2) is 84.9 Å². The highest BCUT2D eigenvalue weighted by Gasteiger charge is 2.01. The van der Waals surface area contributed by atoms with Crippen molar-refractivity contribution in [1.29, 1.82) is 0 Å². The molecule has 0 aliphatic rings. The molecule has 0 aromatic heterocycles. The molecule has 0 unspecified atom stereocenters. The van der Waals surface area contributed by atoms with Gasteiger partial charge in [-0.15, -0.1) is 0 Å². The third kappa shape index (κ3) is 5.38. The fourth-order valence-corrected chi connectivity index (χ4v) is 2.55. The maximum absolute atomic E-state index is 2.28. The van der Waals surface area contributed by atoms with Gasteiger partial charge in [-0.25, -0.2) is 0 Å². The fraction of sp³-hybridized carbons (Fsp3) is 0.250. The highest BCUT2D eigenvalue weighted by atomic mass is 14.1. The summed E-state index contributed by atoms with van der Waals surface area (Å²) in [4.78, 5) is 0. The van der Waals surface area contributed by atoms with E-state index >= 15 is 0 Å². The van der Waals surface area contributed by atoms with Gasteiger partial charge in [-0.05, 0) is 34.1 Å². The van der Waals surface area contributed by atoms with Crippen LogP contribution < -0.4 is 0 Å². The molecule has 3 rings (SSSR count). The normalized spacial score (nSPS) is 10.4. The lowest BCUT2D eigenvalue weighted by atomic mass is 9.98. The first kappa shape index (κ1) is 18.0. The van der Waals surface area contributed by atoms with Crippen molar-refractivity contribution in [2.24, 2.45) is 0 Å². The van der Waals surface area contributed by atoms with E-state index in [1.54, 1.807) is 0 Å². The zero-order chi connectivity index (χ0) is 17.4. The van der Waals surface area contributed by atoms with Crippen molar-refractivity contribution in [1.82, 2.24) is 0 Å². The van der Waals surface area contributed by atoms with Gasteiger partial charge in [-0.2, -0.15) is 0 Å². The molecule has 0 N–H and O–H groups in total. The number of hydrogen-bond acceptors (Lipinski definition) is 0. The summed E-state index contributed by atoms with van der Waals surface area (Å²) < 4.78 is 0. The van der Waals surface area contributed by atoms with Crippen molar-refractivity contribution in [2.75, 3.05) is 0 Å². The average molecular weight is 316 g/mol.